The summed E-state index contributed by atoms with van der Waals surface area (Å²) >= 11 is 0. The van der Waals surface area contributed by atoms with Crippen LogP contribution in [-0.2, 0) is 6.54 Å². The van der Waals surface area contributed by atoms with Crippen molar-refractivity contribution in [1.82, 2.24) is 4.90 Å². The Bertz CT molecular complexity index is 341. The summed E-state index contributed by atoms with van der Waals surface area (Å²) in [7, 11) is 0. The lowest BCUT2D eigenvalue weighted by Crippen LogP contribution is -2.31. The van der Waals surface area contributed by atoms with E-state index in [0.717, 1.165) is 24.3 Å². The number of rotatable bonds is 10. The smallest absolute Gasteiger partial charge is 0.119 e. The largest absolute Gasteiger partial charge is 0.494 e. The quantitative estimate of drug-likeness (QED) is 0.528. The van der Waals surface area contributed by atoms with Crippen molar-refractivity contribution in [2.75, 3.05) is 39.5 Å². The monoisotopic (exact) mass is 268 g/mol. The van der Waals surface area contributed by atoms with Gasteiger partial charge in [-0.15, -0.1) is 0 Å². The fourth-order valence-corrected chi connectivity index (χ4v) is 1.86. The number of nitrogens with zero attached hydrogens (tertiary/aromatic N) is 1. The van der Waals surface area contributed by atoms with Crippen molar-refractivity contribution in [2.24, 2.45) is 5.73 Å². The minimum Gasteiger partial charge on any atom is -0.494 e. The van der Waals surface area contributed by atoms with Gasteiger partial charge in [0.05, 0.1) is 19.8 Å². The Hall–Kier alpha value is -1.14. The Labute approximate surface area is 114 Å². The molecule has 0 spiro atoms. The SMILES string of the molecule is NCc1cccc(OCCCN(CCO)CCO)c1. The summed E-state index contributed by atoms with van der Waals surface area (Å²) in [6.45, 7) is 3.32. The fourth-order valence-electron chi connectivity index (χ4n) is 1.86. The highest BCUT2D eigenvalue weighted by molar-refractivity contribution is 5.28. The minimum absolute atomic E-state index is 0.111. The molecule has 0 radical (unpaired) electrons. The Morgan fingerprint density at radius 3 is 2.47 bits per heavy atom. The molecule has 19 heavy (non-hydrogen) atoms. The maximum absolute atomic E-state index is 8.89. The van der Waals surface area contributed by atoms with Crippen LogP contribution in [0.4, 0.5) is 0 Å². The standard InChI is InChI=1S/C14H24N2O3/c15-12-13-3-1-4-14(11-13)19-10-2-5-16(6-8-17)7-9-18/h1,3-4,11,17-18H,2,5-10,12,15H2. The highest BCUT2D eigenvalue weighted by Gasteiger charge is 2.03. The summed E-state index contributed by atoms with van der Waals surface area (Å²) in [5.41, 5.74) is 6.63. The third kappa shape index (κ3) is 6.54. The highest BCUT2D eigenvalue weighted by atomic mass is 16.5. The lowest BCUT2D eigenvalue weighted by atomic mass is 10.2. The van der Waals surface area contributed by atoms with Crippen molar-refractivity contribution >= 4 is 0 Å². The van der Waals surface area contributed by atoms with E-state index in [1.165, 1.54) is 0 Å². The first-order valence-corrected chi connectivity index (χ1v) is 6.66. The third-order valence-electron chi connectivity index (χ3n) is 2.85. The fraction of sp³-hybridized carbons (Fsp3) is 0.571. The van der Waals surface area contributed by atoms with Gasteiger partial charge in [0.25, 0.3) is 0 Å². The number of hydrogen-bond donors (Lipinski definition) is 3. The van der Waals surface area contributed by atoms with E-state index in [-0.39, 0.29) is 13.2 Å². The highest BCUT2D eigenvalue weighted by Crippen LogP contribution is 2.13. The summed E-state index contributed by atoms with van der Waals surface area (Å²) in [5, 5.41) is 17.8. The second kappa shape index (κ2) is 9.75. The Morgan fingerprint density at radius 2 is 1.84 bits per heavy atom. The second-order valence-electron chi connectivity index (χ2n) is 4.34. The Balaban J connectivity index is 2.25. The number of aliphatic hydroxyl groups is 2. The first-order valence-electron chi connectivity index (χ1n) is 6.66. The average Bonchev–Trinajstić information content (AvgIpc) is 2.44. The summed E-state index contributed by atoms with van der Waals surface area (Å²) in [5.74, 6) is 0.832. The molecule has 0 heterocycles. The molecule has 4 N–H and O–H groups in total. The molecular weight excluding hydrogens is 244 g/mol. The lowest BCUT2D eigenvalue weighted by Gasteiger charge is -2.19. The molecule has 108 valence electrons. The van der Waals surface area contributed by atoms with Crippen LogP contribution in [0.5, 0.6) is 5.75 Å². The summed E-state index contributed by atoms with van der Waals surface area (Å²) < 4.78 is 5.65. The van der Waals surface area contributed by atoms with E-state index < -0.39 is 0 Å². The van der Waals surface area contributed by atoms with Crippen LogP contribution >= 0.6 is 0 Å². The summed E-state index contributed by atoms with van der Waals surface area (Å²) in [6, 6.07) is 7.76. The molecule has 0 atom stereocenters. The molecule has 5 nitrogen and oxygen atoms in total. The van der Waals surface area contributed by atoms with Crippen molar-refractivity contribution in [3.63, 3.8) is 0 Å². The van der Waals surface area contributed by atoms with Gasteiger partial charge in [-0.3, -0.25) is 4.90 Å². The first-order chi connectivity index (χ1) is 9.30. The van der Waals surface area contributed by atoms with E-state index in [1.807, 2.05) is 29.2 Å². The predicted molar refractivity (Wildman–Crippen MR) is 75.1 cm³/mol. The van der Waals surface area contributed by atoms with Gasteiger partial charge in [-0.2, -0.15) is 0 Å². The molecule has 0 amide bonds. The third-order valence-corrected chi connectivity index (χ3v) is 2.85. The molecular formula is C14H24N2O3. The molecule has 0 aliphatic heterocycles. The van der Waals surface area contributed by atoms with Crippen LogP contribution in [0.15, 0.2) is 24.3 Å². The second-order valence-corrected chi connectivity index (χ2v) is 4.34. The van der Waals surface area contributed by atoms with Crippen LogP contribution in [0.1, 0.15) is 12.0 Å². The number of ether oxygens (including phenoxy) is 1. The van der Waals surface area contributed by atoms with Crippen LogP contribution < -0.4 is 10.5 Å². The van der Waals surface area contributed by atoms with Crippen molar-refractivity contribution in [3.8, 4) is 5.75 Å². The zero-order chi connectivity index (χ0) is 13.9. The van der Waals surface area contributed by atoms with E-state index in [1.54, 1.807) is 0 Å². The van der Waals surface area contributed by atoms with Crippen LogP contribution in [0.25, 0.3) is 0 Å². The molecule has 1 rings (SSSR count). The zero-order valence-electron chi connectivity index (χ0n) is 11.3. The Kier molecular flexibility index (Phi) is 8.16. The van der Waals surface area contributed by atoms with Gasteiger partial charge < -0.3 is 20.7 Å². The molecule has 0 saturated heterocycles. The first kappa shape index (κ1) is 15.9. The van der Waals surface area contributed by atoms with Gasteiger partial charge in [-0.1, -0.05) is 12.1 Å². The number of hydrogen-bond acceptors (Lipinski definition) is 5. The maximum Gasteiger partial charge on any atom is 0.119 e. The molecule has 0 unspecified atom stereocenters. The van der Waals surface area contributed by atoms with Gasteiger partial charge in [0.2, 0.25) is 0 Å². The average molecular weight is 268 g/mol. The molecule has 0 aliphatic rings. The molecule has 1 aromatic carbocycles. The van der Waals surface area contributed by atoms with E-state index in [2.05, 4.69) is 0 Å². The van der Waals surface area contributed by atoms with Crippen molar-refractivity contribution < 1.29 is 14.9 Å². The van der Waals surface area contributed by atoms with E-state index in [0.29, 0.717) is 26.2 Å². The molecule has 0 fully saturated rings. The molecule has 1 aromatic rings. The van der Waals surface area contributed by atoms with Gasteiger partial charge in [0, 0.05) is 26.2 Å². The van der Waals surface area contributed by atoms with Gasteiger partial charge in [-0.25, -0.2) is 0 Å². The molecule has 0 aromatic heterocycles. The number of benzene rings is 1. The normalized spacial score (nSPS) is 10.9. The molecule has 0 aliphatic carbocycles. The Morgan fingerprint density at radius 1 is 1.11 bits per heavy atom. The number of aliphatic hydroxyl groups excluding tert-OH is 2. The van der Waals surface area contributed by atoms with Crippen LogP contribution in [0.2, 0.25) is 0 Å². The van der Waals surface area contributed by atoms with Gasteiger partial charge in [0.1, 0.15) is 5.75 Å². The lowest BCUT2D eigenvalue weighted by molar-refractivity contribution is 0.152. The topological polar surface area (TPSA) is 79.0 Å². The number of nitrogens with two attached hydrogens (primary N) is 1. The molecule has 0 saturated carbocycles. The van der Waals surface area contributed by atoms with Crippen molar-refractivity contribution in [2.45, 2.75) is 13.0 Å². The molecule has 5 heteroatoms. The van der Waals surface area contributed by atoms with E-state index >= 15 is 0 Å². The van der Waals surface area contributed by atoms with E-state index in [4.69, 9.17) is 20.7 Å². The molecule has 0 bridgehead atoms. The maximum atomic E-state index is 8.89. The predicted octanol–water partition coefficient (Wildman–Crippen LogP) is 0.201. The summed E-state index contributed by atoms with van der Waals surface area (Å²) in [6.07, 6.45) is 0.854. The van der Waals surface area contributed by atoms with Gasteiger partial charge in [0.15, 0.2) is 0 Å². The van der Waals surface area contributed by atoms with Crippen molar-refractivity contribution in [3.05, 3.63) is 29.8 Å². The van der Waals surface area contributed by atoms with Crippen LogP contribution in [0, 0.1) is 0 Å². The van der Waals surface area contributed by atoms with E-state index in [9.17, 15) is 0 Å². The van der Waals surface area contributed by atoms with Crippen molar-refractivity contribution in [1.29, 1.82) is 0 Å². The van der Waals surface area contributed by atoms with Gasteiger partial charge >= 0.3 is 0 Å². The van der Waals surface area contributed by atoms with Crippen LogP contribution in [0.3, 0.4) is 0 Å². The van der Waals surface area contributed by atoms with Crippen LogP contribution in [-0.4, -0.2) is 54.6 Å². The minimum atomic E-state index is 0.111. The zero-order valence-corrected chi connectivity index (χ0v) is 11.3. The summed E-state index contributed by atoms with van der Waals surface area (Å²) in [4.78, 5) is 2.01. The van der Waals surface area contributed by atoms with Gasteiger partial charge in [-0.05, 0) is 24.1 Å².